The first-order valence-electron chi connectivity index (χ1n) is 4.83. The number of sulfonamides is 1. The summed E-state index contributed by atoms with van der Waals surface area (Å²) in [4.78, 5) is 11.2. The SMILES string of the molecule is C[C@@H]1CCC[N+]1(C(=O)O)S(=O)(=O)CCS. The van der Waals surface area contributed by atoms with Crippen LogP contribution < -0.4 is 0 Å². The number of quaternary nitrogens is 1. The van der Waals surface area contributed by atoms with Gasteiger partial charge in [0.25, 0.3) is 0 Å². The van der Waals surface area contributed by atoms with Crippen LogP contribution in [0.5, 0.6) is 0 Å². The molecule has 0 spiro atoms. The molecule has 1 amide bonds. The van der Waals surface area contributed by atoms with Crippen molar-refractivity contribution < 1.29 is 22.2 Å². The number of nitrogens with zero attached hydrogens (tertiary/aromatic N) is 1. The smallest absolute Gasteiger partial charge is 0.435 e. The van der Waals surface area contributed by atoms with Crippen molar-refractivity contribution in [3.8, 4) is 0 Å². The standard InChI is InChI=1S/C8H15NO4S2/c1-7-3-2-4-9(7,8(10)11)15(12,13)6-5-14/h7H,2-6H2,1H3,(H-,10,11,14)/p+1/t7-,9?/m1/s1. The van der Waals surface area contributed by atoms with Crippen molar-refractivity contribution in [2.24, 2.45) is 0 Å². The lowest BCUT2D eigenvalue weighted by molar-refractivity contribution is -0.741. The predicted molar refractivity (Wildman–Crippen MR) is 59.5 cm³/mol. The Labute approximate surface area is 95.1 Å². The van der Waals surface area contributed by atoms with Crippen LogP contribution in [-0.2, 0) is 10.0 Å². The predicted octanol–water partition coefficient (Wildman–Crippen LogP) is 0.923. The van der Waals surface area contributed by atoms with Gasteiger partial charge < -0.3 is 5.11 Å². The van der Waals surface area contributed by atoms with E-state index in [0.717, 1.165) is 0 Å². The number of hydrogen-bond donors (Lipinski definition) is 2. The largest absolute Gasteiger partial charge is 0.529 e. The summed E-state index contributed by atoms with van der Waals surface area (Å²) in [6, 6.07) is -0.368. The summed E-state index contributed by atoms with van der Waals surface area (Å²) in [7, 11) is -3.66. The molecule has 1 saturated heterocycles. The molecule has 0 aromatic carbocycles. The van der Waals surface area contributed by atoms with E-state index in [1.165, 1.54) is 0 Å². The Balaban J connectivity index is 3.18. The van der Waals surface area contributed by atoms with Crippen LogP contribution in [0.4, 0.5) is 4.79 Å². The van der Waals surface area contributed by atoms with Gasteiger partial charge in [-0.1, -0.05) is 0 Å². The molecule has 1 heterocycles. The van der Waals surface area contributed by atoms with Gasteiger partial charge in [0.05, 0.1) is 0 Å². The Morgan fingerprint density at radius 1 is 1.60 bits per heavy atom. The molecule has 1 fully saturated rings. The first-order valence-corrected chi connectivity index (χ1v) is 7.07. The highest BCUT2D eigenvalue weighted by molar-refractivity contribution is 7.88. The van der Waals surface area contributed by atoms with E-state index >= 15 is 0 Å². The molecule has 5 nitrogen and oxygen atoms in total. The number of rotatable bonds is 3. The van der Waals surface area contributed by atoms with E-state index in [2.05, 4.69) is 12.6 Å². The van der Waals surface area contributed by atoms with Crippen molar-refractivity contribution in [3.63, 3.8) is 0 Å². The first kappa shape index (κ1) is 12.8. The molecule has 0 bridgehead atoms. The summed E-state index contributed by atoms with van der Waals surface area (Å²) in [5, 5.41) is 9.16. The van der Waals surface area contributed by atoms with E-state index in [1.54, 1.807) is 6.92 Å². The number of likely N-dealkylation sites (tertiary alicyclic amines) is 1. The van der Waals surface area contributed by atoms with Crippen molar-refractivity contribution in [1.29, 1.82) is 0 Å². The van der Waals surface area contributed by atoms with E-state index in [1.807, 2.05) is 0 Å². The Bertz CT molecular complexity index is 354. The van der Waals surface area contributed by atoms with Crippen LogP contribution in [0.3, 0.4) is 0 Å². The highest BCUT2D eigenvalue weighted by Gasteiger charge is 2.56. The van der Waals surface area contributed by atoms with Crippen LogP contribution in [0.1, 0.15) is 19.8 Å². The van der Waals surface area contributed by atoms with Crippen molar-refractivity contribution in [3.05, 3.63) is 0 Å². The van der Waals surface area contributed by atoms with Crippen molar-refractivity contribution in [2.75, 3.05) is 18.1 Å². The third kappa shape index (κ3) is 1.88. The second-order valence-electron chi connectivity index (χ2n) is 3.80. The van der Waals surface area contributed by atoms with Crippen LogP contribution in [0.2, 0.25) is 0 Å². The molecule has 1 aliphatic heterocycles. The molecule has 2 atom stereocenters. The lowest BCUT2D eigenvalue weighted by atomic mass is 10.2. The monoisotopic (exact) mass is 254 g/mol. The Morgan fingerprint density at radius 3 is 2.53 bits per heavy atom. The van der Waals surface area contributed by atoms with Gasteiger partial charge in [-0.05, 0) is 6.92 Å². The van der Waals surface area contributed by atoms with Crippen LogP contribution in [0.15, 0.2) is 0 Å². The van der Waals surface area contributed by atoms with E-state index in [9.17, 15) is 13.2 Å². The number of hydrogen-bond acceptors (Lipinski definition) is 4. The van der Waals surface area contributed by atoms with Gasteiger partial charge in [0, 0.05) is 18.6 Å². The highest BCUT2D eigenvalue weighted by Crippen LogP contribution is 2.32. The zero-order valence-corrected chi connectivity index (χ0v) is 10.3. The van der Waals surface area contributed by atoms with Gasteiger partial charge in [-0.3, -0.25) is 0 Å². The number of amides is 1. The van der Waals surface area contributed by atoms with E-state index in [-0.39, 0.29) is 24.1 Å². The molecule has 1 aliphatic rings. The average Bonchev–Trinajstić information content (AvgIpc) is 2.48. The minimum Gasteiger partial charge on any atom is -0.435 e. The van der Waals surface area contributed by atoms with Gasteiger partial charge in [-0.25, -0.2) is 0 Å². The molecular formula is C8H16NO4S2+. The number of carbonyl (C=O) groups is 1. The fourth-order valence-corrected chi connectivity index (χ4v) is 4.69. The first-order chi connectivity index (χ1) is 6.88. The van der Waals surface area contributed by atoms with Gasteiger partial charge in [0.2, 0.25) is 0 Å². The zero-order chi connectivity index (χ0) is 11.7. The van der Waals surface area contributed by atoms with Crippen LogP contribution in [0.25, 0.3) is 0 Å². The zero-order valence-electron chi connectivity index (χ0n) is 8.59. The Kier molecular flexibility index (Phi) is 3.67. The third-order valence-corrected chi connectivity index (χ3v) is 5.93. The summed E-state index contributed by atoms with van der Waals surface area (Å²) < 4.78 is 23.1. The number of carboxylic acid groups (broad SMARTS) is 1. The summed E-state index contributed by atoms with van der Waals surface area (Å²) in [5.74, 6) is -0.0327. The minimum atomic E-state index is -3.66. The molecule has 1 rings (SSSR count). The lowest BCUT2D eigenvalue weighted by Crippen LogP contribution is -2.59. The molecule has 1 N–H and O–H groups in total. The fraction of sp³-hybridized carbons (Fsp3) is 0.875. The topological polar surface area (TPSA) is 71.4 Å². The molecule has 7 heteroatoms. The Hall–Kier alpha value is -0.270. The maximum Gasteiger partial charge on any atom is 0.529 e. The minimum absolute atomic E-state index is 0.155. The summed E-state index contributed by atoms with van der Waals surface area (Å²) in [6.45, 7) is 1.85. The molecule has 0 radical (unpaired) electrons. The highest BCUT2D eigenvalue weighted by atomic mass is 32.2. The fourth-order valence-electron chi connectivity index (χ4n) is 2.15. The molecule has 0 saturated carbocycles. The molecule has 0 aromatic heterocycles. The summed E-state index contributed by atoms with van der Waals surface area (Å²) >= 11 is 3.86. The van der Waals surface area contributed by atoms with Crippen molar-refractivity contribution >= 4 is 28.7 Å². The van der Waals surface area contributed by atoms with Crippen LogP contribution >= 0.6 is 12.6 Å². The van der Waals surface area contributed by atoms with Gasteiger partial charge in [0.15, 0.2) is 0 Å². The molecule has 0 aromatic rings. The van der Waals surface area contributed by atoms with Gasteiger partial charge in [0.1, 0.15) is 18.3 Å². The summed E-state index contributed by atoms with van der Waals surface area (Å²) in [6.07, 6.45) is 0.0129. The van der Waals surface area contributed by atoms with Crippen LogP contribution in [-0.4, -0.2) is 47.6 Å². The number of thiol groups is 1. The average molecular weight is 254 g/mol. The summed E-state index contributed by atoms with van der Waals surface area (Å²) in [5.41, 5.74) is 0. The van der Waals surface area contributed by atoms with Crippen molar-refractivity contribution in [2.45, 2.75) is 25.8 Å². The van der Waals surface area contributed by atoms with Gasteiger partial charge in [-0.15, -0.1) is 3.89 Å². The van der Waals surface area contributed by atoms with E-state index < -0.39 is 20.0 Å². The molecule has 1 unspecified atom stereocenters. The molecule has 0 aliphatic carbocycles. The molecule has 88 valence electrons. The second kappa shape index (κ2) is 4.31. The third-order valence-electron chi connectivity index (χ3n) is 2.99. The maximum atomic E-state index is 11.9. The van der Waals surface area contributed by atoms with E-state index in [4.69, 9.17) is 5.11 Å². The quantitative estimate of drug-likeness (QED) is 0.580. The van der Waals surface area contributed by atoms with Gasteiger partial charge >= 0.3 is 16.1 Å². The van der Waals surface area contributed by atoms with Crippen LogP contribution in [0, 0.1) is 0 Å². The molecular weight excluding hydrogens is 238 g/mol. The maximum absolute atomic E-state index is 11.9. The second-order valence-corrected chi connectivity index (χ2v) is 6.47. The molecule has 15 heavy (non-hydrogen) atoms. The lowest BCUT2D eigenvalue weighted by Gasteiger charge is -2.30. The van der Waals surface area contributed by atoms with Gasteiger partial charge in [-0.2, -0.15) is 25.8 Å². The van der Waals surface area contributed by atoms with E-state index in [0.29, 0.717) is 12.8 Å². The normalized spacial score (nSPS) is 31.7. The Morgan fingerprint density at radius 2 is 2.20 bits per heavy atom. The van der Waals surface area contributed by atoms with Crippen molar-refractivity contribution in [1.82, 2.24) is 0 Å².